The number of halogens is 1. The average molecular weight is 379 g/mol. The number of benzene rings is 1. The molecule has 0 radical (unpaired) electrons. The summed E-state index contributed by atoms with van der Waals surface area (Å²) in [5.74, 6) is 1.22. The second kappa shape index (κ2) is 8.59. The van der Waals surface area contributed by atoms with Crippen LogP contribution < -0.4 is 9.47 Å². The van der Waals surface area contributed by atoms with Gasteiger partial charge in [0.15, 0.2) is 11.5 Å². The third-order valence-corrected chi connectivity index (χ3v) is 5.93. The zero-order valence-corrected chi connectivity index (χ0v) is 15.1. The van der Waals surface area contributed by atoms with Crippen LogP contribution in [0.4, 0.5) is 0 Å². The van der Waals surface area contributed by atoms with Crippen LogP contribution in [0.25, 0.3) is 6.08 Å². The van der Waals surface area contributed by atoms with Crippen molar-refractivity contribution in [2.75, 3.05) is 27.4 Å². The second-order valence-corrected chi connectivity index (χ2v) is 7.37. The molecule has 0 atom stereocenters. The monoisotopic (exact) mass is 378 g/mol. The molecule has 1 rings (SSSR count). The lowest BCUT2D eigenvalue weighted by Gasteiger charge is -2.16. The number of rotatable bonds is 8. The molecular weight excluding hydrogens is 359 g/mol. The van der Waals surface area contributed by atoms with Gasteiger partial charge in [-0.3, -0.25) is 4.57 Å². The van der Waals surface area contributed by atoms with E-state index in [1.165, 1.54) is 0 Å². The quantitative estimate of drug-likeness (QED) is 0.615. The Morgan fingerprint density at radius 1 is 1.14 bits per heavy atom. The van der Waals surface area contributed by atoms with Crippen LogP contribution in [0.3, 0.4) is 0 Å². The van der Waals surface area contributed by atoms with E-state index in [-0.39, 0.29) is 0 Å². The van der Waals surface area contributed by atoms with Gasteiger partial charge in [0.25, 0.3) is 0 Å². The first-order chi connectivity index (χ1) is 10.0. The summed E-state index contributed by atoms with van der Waals surface area (Å²) in [6.07, 6.45) is 1.69. The van der Waals surface area contributed by atoms with Gasteiger partial charge in [-0.2, -0.15) is 0 Å². The lowest BCUT2D eigenvalue weighted by atomic mass is 10.2. The van der Waals surface area contributed by atoms with Crippen LogP contribution in [0.15, 0.2) is 22.4 Å². The molecule has 21 heavy (non-hydrogen) atoms. The lowest BCUT2D eigenvalue weighted by Crippen LogP contribution is -1.95. The summed E-state index contributed by atoms with van der Waals surface area (Å²) in [4.78, 5) is 0. The molecule has 7 heteroatoms. The Morgan fingerprint density at radius 2 is 1.71 bits per heavy atom. The van der Waals surface area contributed by atoms with Gasteiger partial charge in [0, 0.05) is 0 Å². The van der Waals surface area contributed by atoms with Gasteiger partial charge in [-0.1, -0.05) is 6.07 Å². The molecular formula is C14H20BrO5P. The Kier molecular flexibility index (Phi) is 7.46. The van der Waals surface area contributed by atoms with E-state index in [0.29, 0.717) is 28.9 Å². The highest BCUT2D eigenvalue weighted by molar-refractivity contribution is 9.13. The Balaban J connectivity index is 3.13. The van der Waals surface area contributed by atoms with Crippen molar-refractivity contribution in [2.45, 2.75) is 13.8 Å². The van der Waals surface area contributed by atoms with E-state index in [0.717, 1.165) is 5.56 Å². The summed E-state index contributed by atoms with van der Waals surface area (Å²) < 4.78 is 33.9. The van der Waals surface area contributed by atoms with Crippen LogP contribution >= 0.6 is 23.5 Å². The van der Waals surface area contributed by atoms with E-state index >= 15 is 0 Å². The van der Waals surface area contributed by atoms with Crippen molar-refractivity contribution in [3.8, 4) is 11.5 Å². The van der Waals surface area contributed by atoms with Crippen molar-refractivity contribution in [1.29, 1.82) is 0 Å². The number of methoxy groups -OCH3 is 2. The molecule has 0 unspecified atom stereocenters. The van der Waals surface area contributed by atoms with E-state index in [1.807, 2.05) is 6.07 Å². The third-order valence-electron chi connectivity index (χ3n) is 2.55. The minimum absolute atomic E-state index is 0.298. The van der Waals surface area contributed by atoms with Gasteiger partial charge in [-0.15, -0.1) is 0 Å². The summed E-state index contributed by atoms with van der Waals surface area (Å²) in [5, 5.41) is 0. The van der Waals surface area contributed by atoms with Crippen LogP contribution in [0.2, 0.25) is 0 Å². The Morgan fingerprint density at radius 3 is 2.19 bits per heavy atom. The highest BCUT2D eigenvalue weighted by atomic mass is 79.9. The predicted molar refractivity (Wildman–Crippen MR) is 87.3 cm³/mol. The Labute approximate surface area is 133 Å². The maximum atomic E-state index is 12.6. The summed E-state index contributed by atoms with van der Waals surface area (Å²) in [7, 11) is -0.180. The summed E-state index contributed by atoms with van der Waals surface area (Å²) in [5.41, 5.74) is 0.791. The van der Waals surface area contributed by atoms with Crippen LogP contribution in [-0.2, 0) is 13.6 Å². The molecule has 0 spiro atoms. The molecule has 0 aromatic heterocycles. The normalized spacial score (nSPS) is 12.3. The number of hydrogen-bond acceptors (Lipinski definition) is 5. The molecule has 0 saturated heterocycles. The minimum Gasteiger partial charge on any atom is -0.493 e. The number of hydrogen-bond donors (Lipinski definition) is 0. The molecule has 1 aromatic carbocycles. The van der Waals surface area contributed by atoms with E-state index < -0.39 is 7.60 Å². The fourth-order valence-electron chi connectivity index (χ4n) is 1.66. The molecule has 0 bridgehead atoms. The van der Waals surface area contributed by atoms with Gasteiger partial charge in [0.2, 0.25) is 0 Å². The summed E-state index contributed by atoms with van der Waals surface area (Å²) >= 11 is 3.30. The molecule has 5 nitrogen and oxygen atoms in total. The summed E-state index contributed by atoms with van der Waals surface area (Å²) in [6, 6.07) is 5.38. The topological polar surface area (TPSA) is 54.0 Å². The van der Waals surface area contributed by atoms with Crippen molar-refractivity contribution < 1.29 is 23.1 Å². The molecule has 0 N–H and O–H groups in total. The first-order valence-electron chi connectivity index (χ1n) is 6.49. The highest BCUT2D eigenvalue weighted by Crippen LogP contribution is 2.59. The highest BCUT2D eigenvalue weighted by Gasteiger charge is 2.27. The van der Waals surface area contributed by atoms with Crippen molar-refractivity contribution >= 4 is 29.6 Å². The van der Waals surface area contributed by atoms with Gasteiger partial charge in [-0.25, -0.2) is 0 Å². The van der Waals surface area contributed by atoms with E-state index in [4.69, 9.17) is 18.5 Å². The SMILES string of the molecule is CCOP(=O)(OCC)/C(Br)=C\c1ccc(OC)c(OC)c1. The van der Waals surface area contributed by atoms with Gasteiger partial charge < -0.3 is 18.5 Å². The molecule has 118 valence electrons. The predicted octanol–water partition coefficient (Wildman–Crippen LogP) is 4.66. The first-order valence-corrected chi connectivity index (χ1v) is 8.83. The van der Waals surface area contributed by atoms with Gasteiger partial charge >= 0.3 is 7.60 Å². The standard InChI is InChI=1S/C14H20BrO5P/c1-5-19-21(16,20-6-2)14(15)10-11-7-8-12(17-3)13(9-11)18-4/h7-10H,5-6H2,1-4H3/b14-10-. The van der Waals surface area contributed by atoms with Gasteiger partial charge in [-0.05, 0) is 53.5 Å². The maximum Gasteiger partial charge on any atom is 0.368 e. The molecule has 0 aliphatic heterocycles. The molecule has 0 fully saturated rings. The van der Waals surface area contributed by atoms with Crippen molar-refractivity contribution in [3.63, 3.8) is 0 Å². The van der Waals surface area contributed by atoms with Crippen LogP contribution in [0.1, 0.15) is 19.4 Å². The maximum absolute atomic E-state index is 12.6. The zero-order chi connectivity index (χ0) is 15.9. The molecule has 0 aliphatic rings. The van der Waals surface area contributed by atoms with Gasteiger partial charge in [0.05, 0.1) is 27.4 Å². The van der Waals surface area contributed by atoms with Crippen LogP contribution in [-0.4, -0.2) is 27.4 Å². The third kappa shape index (κ3) is 4.85. The fraction of sp³-hybridized carbons (Fsp3) is 0.429. The lowest BCUT2D eigenvalue weighted by molar-refractivity contribution is 0.228. The Hall–Kier alpha value is -0.810. The van der Waals surface area contributed by atoms with Crippen molar-refractivity contribution in [1.82, 2.24) is 0 Å². The minimum atomic E-state index is -3.31. The largest absolute Gasteiger partial charge is 0.493 e. The van der Waals surface area contributed by atoms with E-state index in [9.17, 15) is 4.57 Å². The van der Waals surface area contributed by atoms with E-state index in [2.05, 4.69) is 15.9 Å². The molecule has 0 heterocycles. The van der Waals surface area contributed by atoms with Crippen LogP contribution in [0, 0.1) is 0 Å². The molecule has 0 amide bonds. The second-order valence-electron chi connectivity index (χ2n) is 3.91. The molecule has 1 aromatic rings. The summed E-state index contributed by atoms with van der Waals surface area (Å²) in [6.45, 7) is 4.13. The Bertz CT molecular complexity index is 534. The van der Waals surface area contributed by atoms with Crippen molar-refractivity contribution in [2.24, 2.45) is 0 Å². The number of ether oxygens (including phenoxy) is 2. The van der Waals surface area contributed by atoms with Crippen molar-refractivity contribution in [3.05, 3.63) is 28.0 Å². The fourth-order valence-corrected chi connectivity index (χ4v) is 3.85. The van der Waals surface area contributed by atoms with Gasteiger partial charge in [0.1, 0.15) is 4.22 Å². The average Bonchev–Trinajstić information content (AvgIpc) is 2.47. The first kappa shape index (κ1) is 18.2. The molecule has 0 aliphatic carbocycles. The zero-order valence-electron chi connectivity index (χ0n) is 12.6. The van der Waals surface area contributed by atoms with E-state index in [1.54, 1.807) is 46.3 Å². The van der Waals surface area contributed by atoms with Crippen LogP contribution in [0.5, 0.6) is 11.5 Å². The molecule has 0 saturated carbocycles. The smallest absolute Gasteiger partial charge is 0.368 e.